The molecule has 1 aromatic carbocycles. The van der Waals surface area contributed by atoms with E-state index in [0.717, 1.165) is 31.4 Å². The summed E-state index contributed by atoms with van der Waals surface area (Å²) in [5.41, 5.74) is 1.98. The van der Waals surface area contributed by atoms with Crippen LogP contribution < -0.4 is 0 Å². The Morgan fingerprint density at radius 2 is 1.58 bits per heavy atom. The SMILES string of the molecule is Cc1nn(-c2ccc(Cl)cc2)c(C)c1S(=O)(=O)N1CCCCCC1. The van der Waals surface area contributed by atoms with Crippen LogP contribution in [0, 0.1) is 13.8 Å². The molecule has 7 heteroatoms. The highest BCUT2D eigenvalue weighted by molar-refractivity contribution is 7.89. The molecule has 24 heavy (non-hydrogen) atoms. The highest BCUT2D eigenvalue weighted by Crippen LogP contribution is 2.27. The van der Waals surface area contributed by atoms with Crippen LogP contribution in [0.4, 0.5) is 0 Å². The summed E-state index contributed by atoms with van der Waals surface area (Å²) >= 11 is 5.93. The molecule has 0 aliphatic carbocycles. The first-order valence-electron chi connectivity index (χ1n) is 8.23. The van der Waals surface area contributed by atoms with E-state index in [0.29, 0.717) is 34.4 Å². The van der Waals surface area contributed by atoms with Crippen molar-refractivity contribution in [2.24, 2.45) is 0 Å². The van der Waals surface area contributed by atoms with Crippen molar-refractivity contribution < 1.29 is 8.42 Å². The Hall–Kier alpha value is -1.37. The van der Waals surface area contributed by atoms with Crippen molar-refractivity contribution in [3.63, 3.8) is 0 Å². The molecule has 0 saturated carbocycles. The van der Waals surface area contributed by atoms with Gasteiger partial charge in [0, 0.05) is 18.1 Å². The van der Waals surface area contributed by atoms with Crippen molar-refractivity contribution in [2.45, 2.75) is 44.4 Å². The van der Waals surface area contributed by atoms with Gasteiger partial charge in [0.05, 0.1) is 17.1 Å². The zero-order chi connectivity index (χ0) is 17.3. The molecule has 1 aliphatic heterocycles. The van der Waals surface area contributed by atoms with Gasteiger partial charge >= 0.3 is 0 Å². The van der Waals surface area contributed by atoms with Crippen LogP contribution in [0.1, 0.15) is 37.1 Å². The van der Waals surface area contributed by atoms with Crippen LogP contribution in [0.3, 0.4) is 0 Å². The number of aromatic nitrogens is 2. The summed E-state index contributed by atoms with van der Waals surface area (Å²) in [7, 11) is -3.52. The van der Waals surface area contributed by atoms with Crippen LogP contribution in [0.25, 0.3) is 5.69 Å². The zero-order valence-electron chi connectivity index (χ0n) is 14.0. The van der Waals surface area contributed by atoms with Crippen molar-refractivity contribution in [3.8, 4) is 5.69 Å². The van der Waals surface area contributed by atoms with E-state index < -0.39 is 10.0 Å². The second-order valence-electron chi connectivity index (χ2n) is 6.21. The van der Waals surface area contributed by atoms with Gasteiger partial charge in [-0.15, -0.1) is 0 Å². The van der Waals surface area contributed by atoms with Crippen LogP contribution in [0.5, 0.6) is 0 Å². The largest absolute Gasteiger partial charge is 0.246 e. The molecule has 0 bridgehead atoms. The van der Waals surface area contributed by atoms with E-state index in [2.05, 4.69) is 5.10 Å². The van der Waals surface area contributed by atoms with E-state index in [1.807, 2.05) is 12.1 Å². The van der Waals surface area contributed by atoms with Crippen molar-refractivity contribution in [2.75, 3.05) is 13.1 Å². The van der Waals surface area contributed by atoms with Gasteiger partial charge in [-0.25, -0.2) is 13.1 Å². The topological polar surface area (TPSA) is 55.2 Å². The highest BCUT2D eigenvalue weighted by Gasteiger charge is 2.31. The van der Waals surface area contributed by atoms with Gasteiger partial charge in [-0.3, -0.25) is 0 Å². The van der Waals surface area contributed by atoms with Gasteiger partial charge in [0.1, 0.15) is 4.90 Å². The lowest BCUT2D eigenvalue weighted by Gasteiger charge is -2.20. The van der Waals surface area contributed by atoms with Gasteiger partial charge in [0.25, 0.3) is 0 Å². The molecule has 0 amide bonds. The molecule has 2 aromatic rings. The van der Waals surface area contributed by atoms with Crippen LogP contribution in [-0.2, 0) is 10.0 Å². The molecule has 0 unspecified atom stereocenters. The van der Waals surface area contributed by atoms with Gasteiger partial charge in [-0.1, -0.05) is 24.4 Å². The fourth-order valence-corrected chi connectivity index (χ4v) is 5.24. The van der Waals surface area contributed by atoms with E-state index in [1.54, 1.807) is 35.0 Å². The number of sulfonamides is 1. The molecule has 5 nitrogen and oxygen atoms in total. The third-order valence-electron chi connectivity index (χ3n) is 4.46. The van der Waals surface area contributed by atoms with Crippen molar-refractivity contribution in [3.05, 3.63) is 40.7 Å². The normalized spacial score (nSPS) is 17.0. The van der Waals surface area contributed by atoms with E-state index >= 15 is 0 Å². The minimum Gasteiger partial charge on any atom is -0.236 e. The van der Waals surface area contributed by atoms with Crippen LogP contribution in [0.15, 0.2) is 29.2 Å². The molecule has 1 aromatic heterocycles. The summed E-state index contributed by atoms with van der Waals surface area (Å²) < 4.78 is 29.6. The predicted molar refractivity (Wildman–Crippen MR) is 95.3 cm³/mol. The summed E-state index contributed by atoms with van der Waals surface area (Å²) in [6.07, 6.45) is 4.02. The van der Waals surface area contributed by atoms with Gasteiger partial charge in [-0.2, -0.15) is 9.40 Å². The number of hydrogen-bond acceptors (Lipinski definition) is 3. The van der Waals surface area contributed by atoms with Gasteiger partial charge in [0.2, 0.25) is 10.0 Å². The molecule has 1 saturated heterocycles. The first-order chi connectivity index (χ1) is 11.4. The Morgan fingerprint density at radius 3 is 2.17 bits per heavy atom. The molecular formula is C17H22ClN3O2S. The minimum atomic E-state index is -3.52. The average Bonchev–Trinajstić information content (AvgIpc) is 2.73. The lowest BCUT2D eigenvalue weighted by atomic mass is 10.2. The van der Waals surface area contributed by atoms with Gasteiger partial charge < -0.3 is 0 Å². The predicted octanol–water partition coefficient (Wildman–Crippen LogP) is 3.71. The van der Waals surface area contributed by atoms with Crippen LogP contribution >= 0.6 is 11.6 Å². The molecule has 0 radical (unpaired) electrons. The van der Waals surface area contributed by atoms with Crippen molar-refractivity contribution in [1.82, 2.24) is 14.1 Å². The number of rotatable bonds is 3. The number of aryl methyl sites for hydroxylation is 1. The summed E-state index contributed by atoms with van der Waals surface area (Å²) in [6.45, 7) is 4.74. The summed E-state index contributed by atoms with van der Waals surface area (Å²) in [5, 5.41) is 5.10. The van der Waals surface area contributed by atoms with E-state index in [4.69, 9.17) is 11.6 Å². The maximum atomic E-state index is 13.1. The number of halogens is 1. The third kappa shape index (κ3) is 3.23. The molecule has 0 atom stereocenters. The third-order valence-corrected chi connectivity index (χ3v) is 6.86. The Bertz CT molecular complexity index is 820. The minimum absolute atomic E-state index is 0.333. The summed E-state index contributed by atoms with van der Waals surface area (Å²) in [4.78, 5) is 0.333. The smallest absolute Gasteiger partial charge is 0.236 e. The Balaban J connectivity index is 2.03. The molecule has 0 spiro atoms. The average molecular weight is 368 g/mol. The maximum absolute atomic E-state index is 13.1. The fourth-order valence-electron chi connectivity index (χ4n) is 3.25. The fraction of sp³-hybridized carbons (Fsp3) is 0.471. The quantitative estimate of drug-likeness (QED) is 0.831. The van der Waals surface area contributed by atoms with E-state index in [9.17, 15) is 8.42 Å². The molecule has 2 heterocycles. The number of nitrogens with zero attached hydrogens (tertiary/aromatic N) is 3. The van der Waals surface area contributed by atoms with E-state index in [-0.39, 0.29) is 0 Å². The molecule has 1 fully saturated rings. The number of benzene rings is 1. The molecule has 1 aliphatic rings. The van der Waals surface area contributed by atoms with Gasteiger partial charge in [-0.05, 0) is 51.0 Å². The second kappa shape index (κ2) is 6.86. The molecule has 130 valence electrons. The Morgan fingerprint density at radius 1 is 1.00 bits per heavy atom. The lowest BCUT2D eigenvalue weighted by molar-refractivity contribution is 0.423. The Kier molecular flexibility index (Phi) is 4.99. The van der Waals surface area contributed by atoms with E-state index in [1.165, 1.54) is 0 Å². The standard InChI is InChI=1S/C17H22ClN3O2S/c1-13-17(24(22,23)20-11-5-3-4-6-12-20)14(2)21(19-13)16-9-7-15(18)8-10-16/h7-10H,3-6,11-12H2,1-2H3. The Labute approximate surface area is 148 Å². The lowest BCUT2D eigenvalue weighted by Crippen LogP contribution is -2.32. The summed E-state index contributed by atoms with van der Waals surface area (Å²) in [5.74, 6) is 0. The van der Waals surface area contributed by atoms with Crippen LogP contribution in [0.2, 0.25) is 5.02 Å². The zero-order valence-corrected chi connectivity index (χ0v) is 15.6. The first-order valence-corrected chi connectivity index (χ1v) is 10.1. The van der Waals surface area contributed by atoms with Gasteiger partial charge in [0.15, 0.2) is 0 Å². The monoisotopic (exact) mass is 367 g/mol. The number of hydrogen-bond donors (Lipinski definition) is 0. The van der Waals surface area contributed by atoms with Crippen molar-refractivity contribution in [1.29, 1.82) is 0 Å². The summed E-state index contributed by atoms with van der Waals surface area (Å²) in [6, 6.07) is 7.22. The molecule has 3 rings (SSSR count). The molecular weight excluding hydrogens is 346 g/mol. The molecule has 0 N–H and O–H groups in total. The second-order valence-corrected chi connectivity index (χ2v) is 8.52. The highest BCUT2D eigenvalue weighted by atomic mass is 35.5. The maximum Gasteiger partial charge on any atom is 0.246 e. The van der Waals surface area contributed by atoms with Crippen LogP contribution in [-0.4, -0.2) is 35.6 Å². The van der Waals surface area contributed by atoms with Crippen molar-refractivity contribution >= 4 is 21.6 Å². The first kappa shape index (κ1) is 17.5.